The third kappa shape index (κ3) is 9.20. The molecule has 1 aliphatic heterocycles. The average Bonchev–Trinajstić information content (AvgIpc) is 3.42. The Balaban J connectivity index is 0.00000158. The van der Waals surface area contributed by atoms with E-state index in [1.54, 1.807) is 6.92 Å². The zero-order valence-corrected chi connectivity index (χ0v) is 17.3. The predicted molar refractivity (Wildman–Crippen MR) is 109 cm³/mol. The summed E-state index contributed by atoms with van der Waals surface area (Å²) in [5, 5.41) is 12.8. The first-order valence-corrected chi connectivity index (χ1v) is 10.0. The quantitative estimate of drug-likeness (QED) is 0.475. The molecule has 2 N–H and O–H groups in total. The molecule has 1 aliphatic carbocycles. The maximum absolute atomic E-state index is 12.5. The Labute approximate surface area is 164 Å². The Morgan fingerprint density at radius 2 is 1.93 bits per heavy atom. The van der Waals surface area contributed by atoms with Gasteiger partial charge in [0.2, 0.25) is 5.91 Å². The highest BCUT2D eigenvalue weighted by atomic mass is 16.5. The molecule has 6 nitrogen and oxygen atoms in total. The van der Waals surface area contributed by atoms with Crippen LogP contribution in [0.15, 0.2) is 25.8 Å². The molecule has 156 valence electrons. The largest absolute Gasteiger partial charge is 0.391 e. The zero-order chi connectivity index (χ0) is 20.8. The minimum absolute atomic E-state index is 0.157. The first-order chi connectivity index (χ1) is 13.0. The van der Waals surface area contributed by atoms with Crippen molar-refractivity contribution in [1.82, 2.24) is 10.2 Å². The number of aliphatic hydroxyl groups is 1. The number of carbonyl (C=O) groups excluding carboxylic acids is 2. The molecule has 0 aromatic rings. The van der Waals surface area contributed by atoms with E-state index in [2.05, 4.69) is 25.1 Å². The van der Waals surface area contributed by atoms with Crippen molar-refractivity contribution in [1.29, 1.82) is 0 Å². The summed E-state index contributed by atoms with van der Waals surface area (Å²) < 4.78 is 5.58. The predicted octanol–water partition coefficient (Wildman–Crippen LogP) is 2.82. The molecule has 2 aliphatic rings. The summed E-state index contributed by atoms with van der Waals surface area (Å²) in [5.41, 5.74) is 0. The lowest BCUT2D eigenvalue weighted by atomic mass is 10.1. The lowest BCUT2D eigenvalue weighted by molar-refractivity contribution is -0.147. The van der Waals surface area contributed by atoms with Crippen molar-refractivity contribution in [3.63, 3.8) is 0 Å². The zero-order valence-electron chi connectivity index (χ0n) is 17.3. The second kappa shape index (κ2) is 14.4. The van der Waals surface area contributed by atoms with Crippen LogP contribution in [-0.2, 0) is 14.3 Å². The Bertz CT molecular complexity index is 451. The van der Waals surface area contributed by atoms with E-state index in [1.807, 2.05) is 19.9 Å². The van der Waals surface area contributed by atoms with Gasteiger partial charge in [0.15, 0.2) is 0 Å². The average molecular weight is 383 g/mol. The van der Waals surface area contributed by atoms with Gasteiger partial charge in [0.1, 0.15) is 12.1 Å². The van der Waals surface area contributed by atoms with E-state index in [0.717, 1.165) is 32.1 Å². The van der Waals surface area contributed by atoms with Crippen LogP contribution in [0, 0.1) is 0 Å². The van der Waals surface area contributed by atoms with Crippen molar-refractivity contribution in [2.45, 2.75) is 83.6 Å². The second-order valence-corrected chi connectivity index (χ2v) is 6.48. The molecule has 2 amide bonds. The van der Waals surface area contributed by atoms with Crippen LogP contribution in [0.4, 0.5) is 0 Å². The van der Waals surface area contributed by atoms with Gasteiger partial charge in [-0.05, 0) is 39.0 Å². The van der Waals surface area contributed by atoms with Gasteiger partial charge in [0, 0.05) is 25.6 Å². The van der Waals surface area contributed by atoms with Crippen LogP contribution >= 0.6 is 0 Å². The number of rotatable bonds is 9. The van der Waals surface area contributed by atoms with Gasteiger partial charge in [0.05, 0.1) is 6.10 Å². The Hall–Kier alpha value is -1.66. The van der Waals surface area contributed by atoms with Crippen molar-refractivity contribution >= 4 is 11.8 Å². The molecule has 0 aromatic heterocycles. The number of likely N-dealkylation sites (tertiary alicyclic amines) is 1. The fourth-order valence-electron chi connectivity index (χ4n) is 2.79. The number of nitrogens with zero attached hydrogens (tertiary/aromatic N) is 1. The summed E-state index contributed by atoms with van der Waals surface area (Å²) in [5.74, 6) is -0.378. The normalized spacial score (nSPS) is 21.9. The number of allylic oxidation sites excluding steroid dienone is 1. The first-order valence-electron chi connectivity index (χ1n) is 10.0. The minimum atomic E-state index is -0.645. The maximum atomic E-state index is 12.5. The van der Waals surface area contributed by atoms with Gasteiger partial charge in [-0.2, -0.15) is 0 Å². The third-order valence-corrected chi connectivity index (χ3v) is 4.31. The molecule has 27 heavy (non-hydrogen) atoms. The van der Waals surface area contributed by atoms with E-state index < -0.39 is 18.2 Å². The van der Waals surface area contributed by atoms with Gasteiger partial charge >= 0.3 is 0 Å². The van der Waals surface area contributed by atoms with E-state index in [9.17, 15) is 14.7 Å². The van der Waals surface area contributed by atoms with Gasteiger partial charge in [-0.15, -0.1) is 19.7 Å². The van der Waals surface area contributed by atoms with Crippen molar-refractivity contribution in [2.24, 2.45) is 0 Å². The molecule has 1 heterocycles. The summed E-state index contributed by atoms with van der Waals surface area (Å²) >= 11 is 0. The van der Waals surface area contributed by atoms with E-state index >= 15 is 0 Å². The van der Waals surface area contributed by atoms with Crippen LogP contribution in [0.5, 0.6) is 0 Å². The maximum Gasteiger partial charge on any atom is 0.252 e. The summed E-state index contributed by atoms with van der Waals surface area (Å²) in [6.07, 6.45) is 5.72. The molecule has 3 atom stereocenters. The molecule has 0 bridgehead atoms. The molecule has 1 saturated carbocycles. The first kappa shape index (κ1) is 25.3. The van der Waals surface area contributed by atoms with Gasteiger partial charge in [-0.3, -0.25) is 9.59 Å². The lowest BCUT2D eigenvalue weighted by Crippen LogP contribution is -2.49. The molecule has 2 fully saturated rings. The smallest absolute Gasteiger partial charge is 0.252 e. The summed E-state index contributed by atoms with van der Waals surface area (Å²) in [6, 6.07) is -0.333. The van der Waals surface area contributed by atoms with E-state index in [1.165, 1.54) is 4.90 Å². The van der Waals surface area contributed by atoms with Crippen LogP contribution < -0.4 is 5.32 Å². The number of nitrogens with one attached hydrogen (secondary N) is 1. The summed E-state index contributed by atoms with van der Waals surface area (Å²) in [6.45, 7) is 16.1. The molecular formula is C21H38N2O4. The molecular weight excluding hydrogens is 344 g/mol. The Morgan fingerprint density at radius 1 is 1.30 bits per heavy atom. The van der Waals surface area contributed by atoms with Crippen molar-refractivity contribution in [3.05, 3.63) is 25.8 Å². The highest BCUT2D eigenvalue weighted by Crippen LogP contribution is 2.23. The number of hydrogen-bond donors (Lipinski definition) is 2. The molecule has 1 saturated heterocycles. The fourth-order valence-corrected chi connectivity index (χ4v) is 2.79. The van der Waals surface area contributed by atoms with Crippen LogP contribution in [-0.4, -0.2) is 59.3 Å². The monoisotopic (exact) mass is 382 g/mol. The van der Waals surface area contributed by atoms with E-state index in [0.29, 0.717) is 13.0 Å². The molecule has 0 spiro atoms. The highest BCUT2D eigenvalue weighted by molar-refractivity contribution is 5.90. The van der Waals surface area contributed by atoms with Crippen LogP contribution in [0.1, 0.15) is 59.3 Å². The Kier molecular flexibility index (Phi) is 13.5. The topological polar surface area (TPSA) is 78.9 Å². The Morgan fingerprint density at radius 3 is 2.48 bits per heavy atom. The molecule has 0 aromatic carbocycles. The number of carbonyl (C=O) groups is 2. The minimum Gasteiger partial charge on any atom is -0.391 e. The van der Waals surface area contributed by atoms with Crippen LogP contribution in [0.2, 0.25) is 0 Å². The standard InChI is InChI=1S/C17H28N2O4.C2H6.C2H4/c1-3-4-5-6-9-23-12(2)17(22)19-11-14(20)10-15(19)16(21)18-13-7-8-13;2*1-2/h3,12-15,20H,1,4-11H2,2H3,(H,18,21);1-2H3;1-2H2/t12-,14?,15?;;/m1../s1. The fraction of sp³-hybridized carbons (Fsp3) is 0.714. The van der Waals surface area contributed by atoms with Crippen molar-refractivity contribution in [2.75, 3.05) is 13.2 Å². The van der Waals surface area contributed by atoms with E-state index in [4.69, 9.17) is 4.74 Å². The number of unbranched alkanes of at least 4 members (excludes halogenated alkanes) is 2. The molecule has 2 unspecified atom stereocenters. The number of hydrogen-bond acceptors (Lipinski definition) is 4. The van der Waals surface area contributed by atoms with Crippen molar-refractivity contribution in [3.8, 4) is 0 Å². The lowest BCUT2D eigenvalue weighted by Gasteiger charge is -2.26. The second-order valence-electron chi connectivity index (χ2n) is 6.48. The highest BCUT2D eigenvalue weighted by Gasteiger charge is 2.41. The molecule has 0 radical (unpaired) electrons. The van der Waals surface area contributed by atoms with Crippen molar-refractivity contribution < 1.29 is 19.4 Å². The van der Waals surface area contributed by atoms with Gasteiger partial charge in [0.25, 0.3) is 5.91 Å². The number of ether oxygens (including phenoxy) is 1. The SMILES string of the molecule is C=C.C=CCCCCO[C@H](C)C(=O)N1CC(O)CC1C(=O)NC1CC1.CC. The number of amides is 2. The third-order valence-electron chi connectivity index (χ3n) is 4.31. The van der Waals surface area contributed by atoms with Gasteiger partial charge in [-0.1, -0.05) is 19.9 Å². The molecule has 6 heteroatoms. The molecule has 2 rings (SSSR count). The van der Waals surface area contributed by atoms with Crippen LogP contribution in [0.25, 0.3) is 0 Å². The number of aliphatic hydroxyl groups excluding tert-OH is 1. The number of β-amino-alcohol motifs (C(OH)–C–C–N with tert-alkyl or cyclic N) is 1. The van der Waals surface area contributed by atoms with Gasteiger partial charge < -0.3 is 20.1 Å². The summed E-state index contributed by atoms with van der Waals surface area (Å²) in [7, 11) is 0. The van der Waals surface area contributed by atoms with Gasteiger partial charge in [-0.25, -0.2) is 0 Å². The summed E-state index contributed by atoms with van der Waals surface area (Å²) in [4.78, 5) is 26.2. The van der Waals surface area contributed by atoms with E-state index in [-0.39, 0.29) is 24.4 Å². The van der Waals surface area contributed by atoms with Crippen LogP contribution in [0.3, 0.4) is 0 Å².